The Morgan fingerprint density at radius 1 is 1.13 bits per heavy atom. The van der Waals surface area contributed by atoms with Crippen LogP contribution in [0.25, 0.3) is 5.65 Å². The first kappa shape index (κ1) is 26.0. The lowest BCUT2D eigenvalue weighted by Gasteiger charge is -2.49. The summed E-state index contributed by atoms with van der Waals surface area (Å²) in [4.78, 5) is 31.4. The molecule has 5 rings (SSSR count). The number of hydrogen-bond acceptors (Lipinski definition) is 5. The van der Waals surface area contributed by atoms with Crippen molar-refractivity contribution in [3.8, 4) is 0 Å². The SMILES string of the molecule is Cc1cc(C(C)Nc2ccccc2C(=O)O)c2nc(N3CC4CC(F)(F)CC(C3)C4(F)F)c(C)c(=O)n2c1. The van der Waals surface area contributed by atoms with Gasteiger partial charge < -0.3 is 15.3 Å². The van der Waals surface area contributed by atoms with Gasteiger partial charge in [-0.3, -0.25) is 9.20 Å². The number of halogens is 4. The smallest absolute Gasteiger partial charge is 0.337 e. The van der Waals surface area contributed by atoms with Gasteiger partial charge in [-0.05, 0) is 44.5 Å². The number of carbonyl (C=O) groups is 1. The third kappa shape index (κ3) is 4.37. The molecule has 0 spiro atoms. The van der Waals surface area contributed by atoms with E-state index in [1.165, 1.54) is 10.5 Å². The number of hydrogen-bond donors (Lipinski definition) is 2. The van der Waals surface area contributed by atoms with Crippen LogP contribution in [0.5, 0.6) is 0 Å². The lowest BCUT2D eigenvalue weighted by atomic mass is 9.72. The Hall–Kier alpha value is -3.63. The second kappa shape index (κ2) is 8.99. The van der Waals surface area contributed by atoms with E-state index in [0.29, 0.717) is 11.3 Å². The molecule has 0 radical (unpaired) electrons. The number of nitrogens with one attached hydrogen (secondary N) is 1. The standard InChI is InChI=1S/C27H28F4N4O3/c1-14-8-20(16(3)32-21-7-5-4-6-19(21)25(37)38)23-33-22(15(2)24(36)35(23)11-14)34-12-17-9-26(28,29)10-18(13-34)27(17,30)31/h4-8,11,16-18,32H,9-10,12-13H2,1-3H3,(H,37,38). The molecule has 7 nitrogen and oxygen atoms in total. The van der Waals surface area contributed by atoms with E-state index in [1.807, 2.05) is 13.0 Å². The zero-order valence-electron chi connectivity index (χ0n) is 21.1. The zero-order valence-corrected chi connectivity index (χ0v) is 21.1. The van der Waals surface area contributed by atoms with Gasteiger partial charge in [0.2, 0.25) is 5.92 Å². The molecular weight excluding hydrogens is 504 g/mol. The fraction of sp³-hybridized carbons (Fsp3) is 0.444. The van der Waals surface area contributed by atoms with Crippen molar-refractivity contribution in [2.24, 2.45) is 11.8 Å². The van der Waals surface area contributed by atoms with Crippen molar-refractivity contribution in [3.05, 3.63) is 69.1 Å². The molecule has 2 N–H and O–H groups in total. The van der Waals surface area contributed by atoms with Gasteiger partial charge in [0.15, 0.2) is 0 Å². The van der Waals surface area contributed by atoms with Gasteiger partial charge in [-0.1, -0.05) is 12.1 Å². The number of aromatic nitrogens is 2. The van der Waals surface area contributed by atoms with E-state index in [2.05, 4.69) is 5.32 Å². The van der Waals surface area contributed by atoms with Gasteiger partial charge in [0.1, 0.15) is 11.5 Å². The number of rotatable bonds is 5. The predicted octanol–water partition coefficient (Wildman–Crippen LogP) is 5.30. The number of carboxylic acid groups (broad SMARTS) is 1. The maximum absolute atomic E-state index is 14.8. The molecule has 1 saturated heterocycles. The minimum atomic E-state index is -3.21. The number of benzene rings is 1. The van der Waals surface area contributed by atoms with Crippen molar-refractivity contribution < 1.29 is 27.5 Å². The van der Waals surface area contributed by atoms with Crippen molar-refractivity contribution in [2.45, 2.75) is 51.5 Å². The summed E-state index contributed by atoms with van der Waals surface area (Å²) in [5, 5.41) is 12.7. The number of aryl methyl sites for hydroxylation is 1. The van der Waals surface area contributed by atoms with Crippen molar-refractivity contribution >= 4 is 23.1 Å². The fourth-order valence-corrected chi connectivity index (χ4v) is 5.78. The van der Waals surface area contributed by atoms with Crippen LogP contribution in [0.3, 0.4) is 0 Å². The van der Waals surface area contributed by atoms with Gasteiger partial charge in [-0.15, -0.1) is 0 Å². The molecule has 3 atom stereocenters. The molecule has 3 heterocycles. The van der Waals surface area contributed by atoms with Crippen molar-refractivity contribution in [1.82, 2.24) is 9.38 Å². The minimum absolute atomic E-state index is 0.0792. The van der Waals surface area contributed by atoms with E-state index in [9.17, 15) is 32.3 Å². The summed E-state index contributed by atoms with van der Waals surface area (Å²) < 4.78 is 59.2. The van der Waals surface area contributed by atoms with Crippen LogP contribution in [0.4, 0.5) is 29.1 Å². The van der Waals surface area contributed by atoms with Gasteiger partial charge in [0.05, 0.1) is 17.2 Å². The van der Waals surface area contributed by atoms with Gasteiger partial charge >= 0.3 is 5.97 Å². The predicted molar refractivity (Wildman–Crippen MR) is 135 cm³/mol. The number of piperidine rings is 1. The zero-order chi connectivity index (χ0) is 27.6. The van der Waals surface area contributed by atoms with Crippen LogP contribution >= 0.6 is 0 Å². The number of aromatic carboxylic acids is 1. The van der Waals surface area contributed by atoms with Crippen LogP contribution in [0, 0.1) is 25.7 Å². The maximum atomic E-state index is 14.8. The second-order valence-corrected chi connectivity index (χ2v) is 10.5. The summed E-state index contributed by atoms with van der Waals surface area (Å²) >= 11 is 0. The molecule has 0 amide bonds. The van der Waals surface area contributed by atoms with Crippen LogP contribution in [0.2, 0.25) is 0 Å². The third-order valence-corrected chi connectivity index (χ3v) is 7.64. The maximum Gasteiger partial charge on any atom is 0.337 e. The quantitative estimate of drug-likeness (QED) is 0.434. The van der Waals surface area contributed by atoms with E-state index in [0.717, 1.165) is 5.56 Å². The number of para-hydroxylation sites is 1. The molecule has 2 aliphatic rings. The number of anilines is 2. The summed E-state index contributed by atoms with van der Waals surface area (Å²) in [5.74, 6) is -10.3. The van der Waals surface area contributed by atoms with Crippen molar-refractivity contribution in [3.63, 3.8) is 0 Å². The lowest BCUT2D eigenvalue weighted by Crippen LogP contribution is -2.60. The van der Waals surface area contributed by atoms with Crippen molar-refractivity contribution in [1.29, 1.82) is 0 Å². The molecule has 1 aromatic carbocycles. The second-order valence-electron chi connectivity index (χ2n) is 10.5. The number of carboxylic acids is 1. The van der Waals surface area contributed by atoms with Crippen LogP contribution in [-0.2, 0) is 0 Å². The highest BCUT2D eigenvalue weighted by molar-refractivity contribution is 5.94. The normalized spacial score (nSPS) is 22.8. The topological polar surface area (TPSA) is 86.9 Å². The summed E-state index contributed by atoms with van der Waals surface area (Å²) in [6.45, 7) is 4.51. The molecule has 1 saturated carbocycles. The Bertz CT molecular complexity index is 1470. The molecule has 2 bridgehead atoms. The average Bonchev–Trinajstić information content (AvgIpc) is 2.82. The van der Waals surface area contributed by atoms with E-state index in [1.54, 1.807) is 43.1 Å². The van der Waals surface area contributed by atoms with E-state index >= 15 is 0 Å². The largest absolute Gasteiger partial charge is 0.478 e. The average molecular weight is 533 g/mol. The van der Waals surface area contributed by atoms with E-state index < -0.39 is 48.5 Å². The highest BCUT2D eigenvalue weighted by Gasteiger charge is 2.61. The van der Waals surface area contributed by atoms with Crippen LogP contribution < -0.4 is 15.8 Å². The molecule has 11 heteroatoms. The summed E-state index contributed by atoms with van der Waals surface area (Å²) in [6.07, 6.45) is -0.192. The molecule has 2 fully saturated rings. The van der Waals surface area contributed by atoms with Gasteiger partial charge in [-0.25, -0.2) is 27.3 Å². The van der Waals surface area contributed by atoms with E-state index in [-0.39, 0.29) is 41.2 Å². The number of pyridine rings is 1. The van der Waals surface area contributed by atoms with Crippen LogP contribution in [0.1, 0.15) is 52.9 Å². The molecular formula is C27H28F4N4O3. The van der Waals surface area contributed by atoms with E-state index in [4.69, 9.17) is 4.98 Å². The molecule has 2 aromatic heterocycles. The highest BCUT2D eigenvalue weighted by atomic mass is 19.3. The number of nitrogens with zero attached hydrogens (tertiary/aromatic N) is 3. The number of fused-ring (bicyclic) bond motifs is 3. The van der Waals surface area contributed by atoms with Gasteiger partial charge in [-0.2, -0.15) is 0 Å². The Morgan fingerprint density at radius 2 is 1.76 bits per heavy atom. The molecule has 38 heavy (non-hydrogen) atoms. The Balaban J connectivity index is 1.58. The number of alkyl halides is 4. The third-order valence-electron chi connectivity index (χ3n) is 7.64. The monoisotopic (exact) mass is 532 g/mol. The molecule has 1 aliphatic carbocycles. The molecule has 1 aliphatic heterocycles. The Labute approximate surface area is 216 Å². The highest BCUT2D eigenvalue weighted by Crippen LogP contribution is 2.52. The Kier molecular flexibility index (Phi) is 6.15. The van der Waals surface area contributed by atoms with Crippen molar-refractivity contribution in [2.75, 3.05) is 23.3 Å². The summed E-state index contributed by atoms with van der Waals surface area (Å²) in [5.41, 5.74) is 1.95. The summed E-state index contributed by atoms with van der Waals surface area (Å²) in [6, 6.07) is 7.76. The lowest BCUT2D eigenvalue weighted by molar-refractivity contribution is -0.204. The minimum Gasteiger partial charge on any atom is -0.478 e. The summed E-state index contributed by atoms with van der Waals surface area (Å²) in [7, 11) is 0. The first-order valence-corrected chi connectivity index (χ1v) is 12.4. The molecule has 3 aromatic rings. The van der Waals surface area contributed by atoms with Crippen LogP contribution in [-0.4, -0.2) is 45.4 Å². The first-order valence-electron chi connectivity index (χ1n) is 12.4. The van der Waals surface area contributed by atoms with Gasteiger partial charge in [0.25, 0.3) is 11.5 Å². The molecule has 202 valence electrons. The Morgan fingerprint density at radius 3 is 2.39 bits per heavy atom. The van der Waals surface area contributed by atoms with Crippen LogP contribution in [0.15, 0.2) is 41.3 Å². The van der Waals surface area contributed by atoms with Gasteiger partial charge in [0, 0.05) is 55.2 Å². The first-order chi connectivity index (χ1) is 17.8. The molecule has 3 unspecified atom stereocenters. The fourth-order valence-electron chi connectivity index (χ4n) is 5.78.